The summed E-state index contributed by atoms with van der Waals surface area (Å²) >= 11 is 0. The predicted molar refractivity (Wildman–Crippen MR) is 54.4 cm³/mol. The van der Waals surface area contributed by atoms with Gasteiger partial charge < -0.3 is 5.32 Å². The maximum absolute atomic E-state index is 13.1. The number of nitrogens with zero attached hydrogens (tertiary/aromatic N) is 1. The Morgan fingerprint density at radius 3 is 1.77 bits per heavy atom. The topological polar surface area (TPSA) is 15.3 Å². The molecule has 0 saturated carbocycles. The van der Waals surface area contributed by atoms with Crippen molar-refractivity contribution in [2.75, 3.05) is 27.2 Å². The Kier molecular flexibility index (Phi) is 5.76. The molecule has 0 aliphatic carbocycles. The Morgan fingerprint density at radius 1 is 1.15 bits per heavy atom. The summed E-state index contributed by atoms with van der Waals surface area (Å²) in [5, 5.41) is 2.69. The molecule has 0 radical (unpaired) electrons. The van der Waals surface area contributed by atoms with E-state index in [9.17, 15) is 8.78 Å². The van der Waals surface area contributed by atoms with Gasteiger partial charge in [0.15, 0.2) is 0 Å². The lowest BCUT2D eigenvalue weighted by atomic mass is 9.96. The van der Waals surface area contributed by atoms with E-state index >= 15 is 0 Å². The van der Waals surface area contributed by atoms with E-state index in [2.05, 4.69) is 5.32 Å². The van der Waals surface area contributed by atoms with Gasteiger partial charge in [0.1, 0.15) is 0 Å². The zero-order valence-corrected chi connectivity index (χ0v) is 9.57. The molecule has 0 aromatic carbocycles. The Balaban J connectivity index is 0. The third-order valence-electron chi connectivity index (χ3n) is 2.59. The second-order valence-corrected chi connectivity index (χ2v) is 3.48. The third kappa shape index (κ3) is 2.43. The zero-order chi connectivity index (χ0) is 8.70. The van der Waals surface area contributed by atoms with E-state index in [-0.39, 0.29) is 31.4 Å². The van der Waals surface area contributed by atoms with Gasteiger partial charge in [0, 0.05) is 6.54 Å². The van der Waals surface area contributed by atoms with Gasteiger partial charge in [-0.3, -0.25) is 4.90 Å². The first-order chi connectivity index (χ1) is 4.90. The molecule has 82 valence electrons. The predicted octanol–water partition coefficient (Wildman–Crippen LogP) is 1.39. The van der Waals surface area contributed by atoms with Gasteiger partial charge >= 0.3 is 0 Å². The van der Waals surface area contributed by atoms with E-state index in [1.54, 1.807) is 25.9 Å². The standard InChI is InChI=1S/C7H14F2N2.2ClH/c1-6(11(2)3)4-10-5-7(6,8)9;;/h10H,4-5H2,1-3H3;2*1H. The van der Waals surface area contributed by atoms with Crippen LogP contribution in [0.1, 0.15) is 6.92 Å². The molecule has 2 nitrogen and oxygen atoms in total. The number of rotatable bonds is 1. The van der Waals surface area contributed by atoms with Gasteiger partial charge in [-0.05, 0) is 21.0 Å². The van der Waals surface area contributed by atoms with Gasteiger partial charge in [0.2, 0.25) is 0 Å². The van der Waals surface area contributed by atoms with Crippen LogP contribution in [0.4, 0.5) is 8.78 Å². The molecule has 0 amide bonds. The molecule has 1 aliphatic rings. The van der Waals surface area contributed by atoms with Crippen molar-refractivity contribution < 1.29 is 8.78 Å². The zero-order valence-electron chi connectivity index (χ0n) is 7.93. The molecule has 1 fully saturated rings. The summed E-state index contributed by atoms with van der Waals surface area (Å²) in [6.07, 6.45) is 0. The van der Waals surface area contributed by atoms with Crippen LogP contribution in [0.5, 0.6) is 0 Å². The fraction of sp³-hybridized carbons (Fsp3) is 1.00. The number of nitrogens with one attached hydrogen (secondary N) is 1. The fourth-order valence-corrected chi connectivity index (χ4v) is 1.27. The average Bonchev–Trinajstić information content (AvgIpc) is 2.09. The number of likely N-dealkylation sites (N-methyl/N-ethyl adjacent to an activating group) is 1. The minimum absolute atomic E-state index is 0. The van der Waals surface area contributed by atoms with Crippen molar-refractivity contribution in [1.82, 2.24) is 10.2 Å². The number of alkyl halides is 2. The first kappa shape index (κ1) is 15.8. The van der Waals surface area contributed by atoms with Crippen molar-refractivity contribution in [3.05, 3.63) is 0 Å². The molecule has 1 unspecified atom stereocenters. The number of hydrogen-bond donors (Lipinski definition) is 1. The van der Waals surface area contributed by atoms with Crippen LogP contribution < -0.4 is 5.32 Å². The molecule has 0 spiro atoms. The average molecular weight is 237 g/mol. The highest BCUT2D eigenvalue weighted by atomic mass is 35.5. The molecular weight excluding hydrogens is 221 g/mol. The molecule has 1 heterocycles. The number of halogens is 4. The molecule has 1 atom stereocenters. The smallest absolute Gasteiger partial charge is 0.279 e. The Morgan fingerprint density at radius 2 is 1.62 bits per heavy atom. The fourth-order valence-electron chi connectivity index (χ4n) is 1.27. The molecular formula is C7H16Cl2F2N2. The Hall–Kier alpha value is 0.360. The lowest BCUT2D eigenvalue weighted by Gasteiger charge is -2.36. The Bertz CT molecular complexity index is 167. The van der Waals surface area contributed by atoms with Crippen LogP contribution in [0.15, 0.2) is 0 Å². The molecule has 1 aliphatic heterocycles. The summed E-state index contributed by atoms with van der Waals surface area (Å²) in [7, 11) is 3.36. The summed E-state index contributed by atoms with van der Waals surface area (Å²) in [4.78, 5) is 1.58. The van der Waals surface area contributed by atoms with E-state index < -0.39 is 11.5 Å². The first-order valence-corrected chi connectivity index (χ1v) is 3.66. The van der Waals surface area contributed by atoms with Crippen molar-refractivity contribution in [3.8, 4) is 0 Å². The molecule has 1 saturated heterocycles. The van der Waals surface area contributed by atoms with Gasteiger partial charge in [-0.2, -0.15) is 0 Å². The van der Waals surface area contributed by atoms with Crippen LogP contribution in [-0.2, 0) is 0 Å². The quantitative estimate of drug-likeness (QED) is 0.741. The van der Waals surface area contributed by atoms with Crippen molar-refractivity contribution >= 4 is 24.8 Å². The lowest BCUT2D eigenvalue weighted by molar-refractivity contribution is -0.0867. The Labute approximate surface area is 89.9 Å². The highest BCUT2D eigenvalue weighted by Crippen LogP contribution is 2.35. The normalized spacial score (nSPS) is 30.9. The van der Waals surface area contributed by atoms with E-state index in [4.69, 9.17) is 0 Å². The summed E-state index contributed by atoms with van der Waals surface area (Å²) in [6.45, 7) is 1.72. The highest BCUT2D eigenvalue weighted by molar-refractivity contribution is 5.85. The van der Waals surface area contributed by atoms with Crippen molar-refractivity contribution in [2.45, 2.75) is 18.4 Å². The highest BCUT2D eigenvalue weighted by Gasteiger charge is 2.55. The van der Waals surface area contributed by atoms with Crippen LogP contribution in [0.3, 0.4) is 0 Å². The maximum atomic E-state index is 13.1. The molecule has 0 bridgehead atoms. The summed E-state index contributed by atoms with van der Waals surface area (Å²) < 4.78 is 26.3. The SMILES string of the molecule is CN(C)C1(C)CNCC1(F)F.Cl.Cl. The van der Waals surface area contributed by atoms with Gasteiger partial charge in [-0.25, -0.2) is 8.78 Å². The van der Waals surface area contributed by atoms with E-state index in [1.807, 2.05) is 0 Å². The second kappa shape index (κ2) is 4.73. The van der Waals surface area contributed by atoms with Gasteiger partial charge in [-0.1, -0.05) is 0 Å². The summed E-state index contributed by atoms with van der Waals surface area (Å²) in [6, 6.07) is 0. The first-order valence-electron chi connectivity index (χ1n) is 3.66. The third-order valence-corrected chi connectivity index (χ3v) is 2.59. The molecule has 0 aromatic heterocycles. The van der Waals surface area contributed by atoms with Crippen molar-refractivity contribution in [1.29, 1.82) is 0 Å². The minimum Gasteiger partial charge on any atom is -0.309 e. The molecule has 0 aromatic rings. The van der Waals surface area contributed by atoms with Gasteiger partial charge in [0.05, 0.1) is 12.1 Å². The second-order valence-electron chi connectivity index (χ2n) is 3.48. The minimum atomic E-state index is -2.61. The van der Waals surface area contributed by atoms with E-state index in [1.165, 1.54) is 0 Å². The van der Waals surface area contributed by atoms with Crippen molar-refractivity contribution in [3.63, 3.8) is 0 Å². The van der Waals surface area contributed by atoms with Gasteiger partial charge in [-0.15, -0.1) is 24.8 Å². The summed E-state index contributed by atoms with van der Waals surface area (Å²) in [5.41, 5.74) is -1.02. The maximum Gasteiger partial charge on any atom is 0.279 e. The van der Waals surface area contributed by atoms with Crippen LogP contribution in [-0.4, -0.2) is 43.5 Å². The molecule has 13 heavy (non-hydrogen) atoms. The van der Waals surface area contributed by atoms with Crippen LogP contribution >= 0.6 is 24.8 Å². The lowest BCUT2D eigenvalue weighted by Crippen LogP contribution is -2.54. The van der Waals surface area contributed by atoms with Crippen LogP contribution in [0, 0.1) is 0 Å². The van der Waals surface area contributed by atoms with E-state index in [0.717, 1.165) is 0 Å². The number of hydrogen-bond acceptors (Lipinski definition) is 2. The summed E-state index contributed by atoms with van der Waals surface area (Å²) in [5.74, 6) is -2.61. The van der Waals surface area contributed by atoms with E-state index in [0.29, 0.717) is 6.54 Å². The molecule has 1 N–H and O–H groups in total. The largest absolute Gasteiger partial charge is 0.309 e. The molecule has 1 rings (SSSR count). The van der Waals surface area contributed by atoms with Crippen molar-refractivity contribution in [2.24, 2.45) is 0 Å². The van der Waals surface area contributed by atoms with Crippen LogP contribution in [0.25, 0.3) is 0 Å². The van der Waals surface area contributed by atoms with Crippen LogP contribution in [0.2, 0.25) is 0 Å². The monoisotopic (exact) mass is 236 g/mol. The van der Waals surface area contributed by atoms with Gasteiger partial charge in [0.25, 0.3) is 5.92 Å². The molecule has 6 heteroatoms.